The van der Waals surface area contributed by atoms with Crippen molar-refractivity contribution in [2.45, 2.75) is 286 Å². The molecule has 14 aromatic rings. The van der Waals surface area contributed by atoms with Crippen molar-refractivity contribution >= 4 is 119 Å². The minimum Gasteiger partial charge on any atom is -0.488 e. The van der Waals surface area contributed by atoms with E-state index in [1.165, 1.54) is 96.3 Å². The van der Waals surface area contributed by atoms with Crippen molar-refractivity contribution in [3.63, 3.8) is 0 Å². The number of benzene rings is 7. The standard InChI is InChI=1S/3C17H22FNO3.2C15H18FNO3.C14H16FNO3.C14H16FNO2/c1-10(2)21-16(20)19-11(3)7-12-8-15(22-17(4,5)6)13(18)9-14(12)19;1-10(2)21-16(20)19-11(3)7-12-8-13(22-17(4,5)6)9-14(18)15(12)19;1-10(2)21-16(20)19-11(3)9-12-13(19)7-8-14(15(12)18)22-17(4,5)6;1-5-19-14(18)17-7-6-10-8-13(20-15(2,3)4)11(16)9-12(10)17;1-5-19-14(18)17-9-8-10-11(17)6-7-12(13(10)16)20-15(2,3)4;1-14(2,3)19-10-7-9-5-6-16(13(17)18-4)12(9)11(15)8-10;1-9(17)16-6-5-10-7-13(18-14(2,3)4)11(15)8-12(10)16/h3*7-10H,1-6H3;2*6-9H,5H2,1-4H3;5-8H,1-4H3;5-8H,1-4H3. The first-order valence-corrected chi connectivity index (χ1v) is 46.6. The van der Waals surface area contributed by atoms with Gasteiger partial charge in [-0.1, -0.05) is 0 Å². The second kappa shape index (κ2) is 45.9. The van der Waals surface area contributed by atoms with Crippen molar-refractivity contribution in [2.75, 3.05) is 20.3 Å². The summed E-state index contributed by atoms with van der Waals surface area (Å²) in [5, 5.41) is 4.12. The van der Waals surface area contributed by atoms with Crippen LogP contribution in [0.4, 0.5) is 59.5 Å². The molecule has 7 aromatic carbocycles. The molecule has 774 valence electrons. The van der Waals surface area contributed by atoms with Gasteiger partial charge in [0.25, 0.3) is 0 Å². The van der Waals surface area contributed by atoms with Crippen LogP contribution in [-0.4, -0.2) is 152 Å². The Morgan fingerprint density at radius 1 is 0.294 bits per heavy atom. The van der Waals surface area contributed by atoms with Gasteiger partial charge in [0.15, 0.2) is 69.5 Å². The number of hydrogen-bond donors (Lipinski definition) is 0. The maximum atomic E-state index is 14.6. The first-order valence-electron chi connectivity index (χ1n) is 46.6. The number of methoxy groups -OCH3 is 1. The van der Waals surface area contributed by atoms with Crippen molar-refractivity contribution in [1.82, 2.24) is 32.0 Å². The van der Waals surface area contributed by atoms with Crippen LogP contribution in [0.15, 0.2) is 152 Å². The van der Waals surface area contributed by atoms with E-state index in [0.29, 0.717) is 77.7 Å². The summed E-state index contributed by atoms with van der Waals surface area (Å²) in [7, 11) is 1.25. The predicted octanol–water partition coefficient (Wildman–Crippen LogP) is 29.1. The van der Waals surface area contributed by atoms with E-state index in [4.69, 9.17) is 56.8 Å². The van der Waals surface area contributed by atoms with Crippen molar-refractivity contribution in [3.05, 3.63) is 210 Å². The van der Waals surface area contributed by atoms with E-state index < -0.39 is 116 Å². The number of aryl methyl sites for hydroxylation is 3. The van der Waals surface area contributed by atoms with E-state index in [1.54, 1.807) is 167 Å². The summed E-state index contributed by atoms with van der Waals surface area (Å²) < 4.78 is 178. The average molecular weight is 2000 g/mol. The zero-order valence-electron chi connectivity index (χ0n) is 88.0. The largest absolute Gasteiger partial charge is 0.488 e. The van der Waals surface area contributed by atoms with Crippen molar-refractivity contribution in [3.8, 4) is 40.2 Å². The van der Waals surface area contributed by atoms with Crippen molar-refractivity contribution in [2.24, 2.45) is 0 Å². The maximum Gasteiger partial charge on any atom is 0.419 e. The Bertz CT molecular complexity index is 6880. The number of fused-ring (bicyclic) bond motifs is 7. The molecule has 0 aliphatic rings. The van der Waals surface area contributed by atoms with Gasteiger partial charge in [0.05, 0.1) is 77.3 Å². The van der Waals surface area contributed by atoms with Crippen LogP contribution < -0.4 is 33.2 Å². The fraction of sp³-hybridized carbons (Fsp3) is 0.422. The van der Waals surface area contributed by atoms with Gasteiger partial charge >= 0.3 is 36.6 Å². The summed E-state index contributed by atoms with van der Waals surface area (Å²) in [6, 6.07) is 33.0. The molecule has 0 aliphatic heterocycles. The lowest BCUT2D eigenvalue weighted by Crippen LogP contribution is -2.23. The zero-order chi connectivity index (χ0) is 107. The molecule has 0 unspecified atom stereocenters. The topological polar surface area (TPSA) is 274 Å². The third-order valence-electron chi connectivity index (χ3n) is 19.2. The zero-order valence-corrected chi connectivity index (χ0v) is 88.0. The van der Waals surface area contributed by atoms with Crippen LogP contribution in [0.3, 0.4) is 0 Å². The van der Waals surface area contributed by atoms with Crippen LogP contribution in [0.5, 0.6) is 40.2 Å². The molecule has 14 rings (SSSR count). The quantitative estimate of drug-likeness (QED) is 0.0812. The Morgan fingerprint density at radius 2 is 0.622 bits per heavy atom. The average Bonchev–Trinajstić information content (AvgIpc) is 1.63. The van der Waals surface area contributed by atoms with Gasteiger partial charge in [0.1, 0.15) is 50.7 Å². The molecule has 7 aromatic heterocycles. The highest BCUT2D eigenvalue weighted by Crippen LogP contribution is 2.39. The van der Waals surface area contributed by atoms with Gasteiger partial charge < -0.3 is 61.6 Å². The van der Waals surface area contributed by atoms with Crippen LogP contribution in [0.25, 0.3) is 76.3 Å². The van der Waals surface area contributed by atoms with Crippen LogP contribution in [0.1, 0.15) is 230 Å². The fourth-order valence-electron chi connectivity index (χ4n) is 14.3. The Balaban J connectivity index is 0.000000204. The van der Waals surface area contributed by atoms with Crippen molar-refractivity contribution in [1.29, 1.82) is 0 Å². The molecule has 0 amide bonds. The first-order chi connectivity index (χ1) is 66.0. The third-order valence-corrected chi connectivity index (χ3v) is 19.2. The minimum absolute atomic E-state index is 0.145. The maximum absolute atomic E-state index is 14.6. The van der Waals surface area contributed by atoms with Gasteiger partial charge in [-0.3, -0.25) is 18.5 Å². The van der Waals surface area contributed by atoms with E-state index in [-0.39, 0.29) is 77.2 Å². The summed E-state index contributed by atoms with van der Waals surface area (Å²) in [6.45, 7) is 60.4. The lowest BCUT2D eigenvalue weighted by Gasteiger charge is -2.21. The number of hydrogen-bond acceptors (Lipinski definition) is 20. The summed E-state index contributed by atoms with van der Waals surface area (Å²) in [6.07, 6.45) is 2.15. The van der Waals surface area contributed by atoms with Gasteiger partial charge in [-0.2, -0.15) is 0 Å². The molecule has 0 atom stereocenters. The van der Waals surface area contributed by atoms with Gasteiger partial charge in [0, 0.05) is 117 Å². The van der Waals surface area contributed by atoms with E-state index >= 15 is 0 Å². The second-order valence-electron chi connectivity index (χ2n) is 41.1. The second-order valence-corrected chi connectivity index (χ2v) is 41.1. The highest BCUT2D eigenvalue weighted by atomic mass is 19.2. The fourth-order valence-corrected chi connectivity index (χ4v) is 14.3. The molecular formula is C109H134F7N7O20. The lowest BCUT2D eigenvalue weighted by atomic mass is 10.1. The highest BCUT2D eigenvalue weighted by molar-refractivity contribution is 5.97. The molecule has 0 saturated carbocycles. The molecule has 143 heavy (non-hydrogen) atoms. The van der Waals surface area contributed by atoms with E-state index in [0.717, 1.165) is 20.7 Å². The van der Waals surface area contributed by atoms with Gasteiger partial charge in [-0.25, -0.2) is 77.8 Å². The number of halogens is 7. The van der Waals surface area contributed by atoms with Gasteiger partial charge in [-0.15, -0.1) is 0 Å². The normalized spacial score (nSPS) is 11.8. The summed E-state index contributed by atoms with van der Waals surface area (Å²) in [5.74, 6) is -1.81. The molecule has 0 spiro atoms. The number of nitrogens with zero attached hydrogens (tertiary/aromatic N) is 7. The number of carbonyl (C=O) groups is 7. The number of ether oxygens (including phenoxy) is 13. The third kappa shape index (κ3) is 31.2. The number of carbonyl (C=O) groups excluding carboxylic acids is 7. The van der Waals surface area contributed by atoms with Gasteiger partial charge in [0.2, 0.25) is 5.91 Å². The number of rotatable bonds is 12. The molecule has 27 nitrogen and oxygen atoms in total. The summed E-state index contributed by atoms with van der Waals surface area (Å²) >= 11 is 0. The molecular weight excluding hydrogens is 1860 g/mol. The minimum atomic E-state index is -0.626. The van der Waals surface area contributed by atoms with Crippen LogP contribution >= 0.6 is 0 Å². The van der Waals surface area contributed by atoms with Crippen molar-refractivity contribution < 1.29 is 126 Å². The molecule has 0 saturated heterocycles. The van der Waals surface area contributed by atoms with E-state index in [9.17, 15) is 64.3 Å². The molecule has 0 radical (unpaired) electrons. The van der Waals surface area contributed by atoms with Crippen LogP contribution in [0.2, 0.25) is 0 Å². The molecule has 0 N–H and O–H groups in total. The van der Waals surface area contributed by atoms with E-state index in [1.807, 2.05) is 151 Å². The lowest BCUT2D eigenvalue weighted by molar-refractivity contribution is 0.0939. The Morgan fingerprint density at radius 3 is 1.04 bits per heavy atom. The van der Waals surface area contributed by atoms with Crippen LogP contribution in [0, 0.1) is 61.5 Å². The molecule has 0 bridgehead atoms. The van der Waals surface area contributed by atoms with Crippen LogP contribution in [-0.2, 0) is 28.4 Å². The Kier molecular flexibility index (Phi) is 36.6. The Hall–Kier alpha value is -14.1. The molecule has 34 heteroatoms. The number of aromatic nitrogens is 7. The first kappa shape index (κ1) is 114. The Labute approximate surface area is 829 Å². The predicted molar refractivity (Wildman–Crippen MR) is 540 cm³/mol. The van der Waals surface area contributed by atoms with E-state index in [2.05, 4.69) is 4.74 Å². The summed E-state index contributed by atoms with van der Waals surface area (Å²) in [4.78, 5) is 82.8. The highest BCUT2D eigenvalue weighted by Gasteiger charge is 2.30. The SMILES string of the molecule is CC(=O)n1ccc2cc(OC(C)(C)C)c(F)cc21.CCOC(=O)n1ccc2c(F)c(OC(C)(C)C)ccc21.CCOC(=O)n1ccc2cc(OC(C)(C)C)c(F)cc21.COC(=O)n1ccc2cc(OC(C)(C)C)cc(F)c21.Cc1cc2c(F)c(OC(C)(C)C)ccc2n1C(=O)OC(C)C.Cc1cc2cc(OC(C)(C)C)c(F)cc2n1C(=O)OC(C)C.Cc1cc2cc(OC(C)(C)C)cc(F)c2n1C(=O)OC(C)C. The van der Waals surface area contributed by atoms with Gasteiger partial charge in [-0.05, 0) is 319 Å². The summed E-state index contributed by atoms with van der Waals surface area (Å²) in [5.41, 5.74) is 1.48. The monoisotopic (exact) mass is 1990 g/mol. The molecule has 0 aliphatic carbocycles. The smallest absolute Gasteiger partial charge is 0.419 e. The molecule has 7 heterocycles. The molecule has 0 fully saturated rings.